The smallest absolute Gasteiger partial charge is 0.127 e. The minimum Gasteiger partial charge on any atom is -0.395 e. The Morgan fingerprint density at radius 1 is 1.28 bits per heavy atom. The van der Waals surface area contributed by atoms with Gasteiger partial charge in [-0.15, -0.1) is 0 Å². The molecule has 0 radical (unpaired) electrons. The van der Waals surface area contributed by atoms with Crippen molar-refractivity contribution in [1.29, 1.82) is 0 Å². The molecule has 1 aliphatic heterocycles. The van der Waals surface area contributed by atoms with Gasteiger partial charge in [0.15, 0.2) is 0 Å². The molecule has 3 heteroatoms. The van der Waals surface area contributed by atoms with Crippen LogP contribution < -0.4 is 0 Å². The third kappa shape index (κ3) is 2.77. The molecule has 2 unspecified atom stereocenters. The number of aliphatic hydroxyl groups excluding tert-OH is 1. The van der Waals surface area contributed by atoms with E-state index in [1.807, 2.05) is 0 Å². The number of hydrogen-bond donors (Lipinski definition) is 1. The maximum absolute atomic E-state index is 11.6. The Morgan fingerprint density at radius 3 is 2.50 bits per heavy atom. The van der Waals surface area contributed by atoms with Crippen LogP contribution in [0.15, 0.2) is 0 Å². The molecule has 2 atom stereocenters. The molecule has 0 aromatic rings. The monoisotopic (exact) mass is 253 g/mol. The lowest BCUT2D eigenvalue weighted by molar-refractivity contribution is -0.120. The van der Waals surface area contributed by atoms with Crippen molar-refractivity contribution in [3.8, 4) is 0 Å². The van der Waals surface area contributed by atoms with Gasteiger partial charge in [-0.25, -0.2) is 0 Å². The van der Waals surface area contributed by atoms with Crippen molar-refractivity contribution in [2.45, 2.75) is 52.0 Å². The number of nitrogens with zero attached hydrogens (tertiary/aromatic N) is 1. The van der Waals surface area contributed by atoms with Gasteiger partial charge in [0.1, 0.15) is 6.29 Å². The van der Waals surface area contributed by atoms with Crippen molar-refractivity contribution in [3.05, 3.63) is 0 Å². The molecule has 0 aromatic carbocycles. The van der Waals surface area contributed by atoms with Crippen LogP contribution in [0.25, 0.3) is 0 Å². The van der Waals surface area contributed by atoms with E-state index in [0.717, 1.165) is 38.3 Å². The molecule has 0 spiro atoms. The molecule has 1 saturated heterocycles. The van der Waals surface area contributed by atoms with Crippen LogP contribution in [0.5, 0.6) is 0 Å². The molecule has 18 heavy (non-hydrogen) atoms. The average Bonchev–Trinajstić information content (AvgIpc) is 2.73. The van der Waals surface area contributed by atoms with Crippen molar-refractivity contribution in [2.75, 3.05) is 19.7 Å². The number of hydrogen-bond acceptors (Lipinski definition) is 3. The van der Waals surface area contributed by atoms with Crippen molar-refractivity contribution < 1.29 is 9.90 Å². The van der Waals surface area contributed by atoms with Crippen LogP contribution in [0.3, 0.4) is 0 Å². The van der Waals surface area contributed by atoms with E-state index in [1.165, 1.54) is 19.1 Å². The number of carbonyl (C=O) groups is 1. The highest BCUT2D eigenvalue weighted by molar-refractivity contribution is 5.60. The summed E-state index contributed by atoms with van der Waals surface area (Å²) in [6, 6.07) is 0.265. The van der Waals surface area contributed by atoms with Crippen LogP contribution in [0.2, 0.25) is 0 Å². The van der Waals surface area contributed by atoms with Gasteiger partial charge >= 0.3 is 0 Å². The van der Waals surface area contributed by atoms with Gasteiger partial charge in [-0.3, -0.25) is 4.90 Å². The quantitative estimate of drug-likeness (QED) is 0.780. The van der Waals surface area contributed by atoms with E-state index >= 15 is 0 Å². The van der Waals surface area contributed by atoms with E-state index < -0.39 is 0 Å². The second-order valence-corrected chi connectivity index (χ2v) is 6.65. The summed E-state index contributed by atoms with van der Waals surface area (Å²) in [6.07, 6.45) is 6.76. The van der Waals surface area contributed by atoms with Gasteiger partial charge in [-0.1, -0.05) is 13.8 Å². The minimum atomic E-state index is -0.135. The first kappa shape index (κ1) is 14.0. The van der Waals surface area contributed by atoms with Gasteiger partial charge in [0, 0.05) is 18.0 Å². The van der Waals surface area contributed by atoms with Crippen LogP contribution in [-0.4, -0.2) is 42.0 Å². The fourth-order valence-electron chi connectivity index (χ4n) is 3.63. The topological polar surface area (TPSA) is 40.5 Å². The van der Waals surface area contributed by atoms with E-state index in [9.17, 15) is 9.90 Å². The summed E-state index contributed by atoms with van der Waals surface area (Å²) in [5, 5.41) is 9.51. The van der Waals surface area contributed by atoms with Gasteiger partial charge in [-0.2, -0.15) is 0 Å². The second-order valence-electron chi connectivity index (χ2n) is 6.65. The van der Waals surface area contributed by atoms with Gasteiger partial charge in [0.05, 0.1) is 6.61 Å². The number of aliphatic hydroxyl groups is 1. The number of rotatable bonds is 4. The van der Waals surface area contributed by atoms with Crippen molar-refractivity contribution in [3.63, 3.8) is 0 Å². The highest BCUT2D eigenvalue weighted by atomic mass is 16.3. The highest BCUT2D eigenvalue weighted by Crippen LogP contribution is 2.39. The Balaban J connectivity index is 2.00. The first-order valence-electron chi connectivity index (χ1n) is 7.41. The molecule has 0 bridgehead atoms. The molecule has 104 valence electrons. The van der Waals surface area contributed by atoms with Crippen molar-refractivity contribution in [1.82, 2.24) is 4.90 Å². The van der Waals surface area contributed by atoms with Crippen molar-refractivity contribution >= 4 is 6.29 Å². The lowest BCUT2D eigenvalue weighted by Gasteiger charge is -2.39. The Labute approximate surface area is 111 Å². The summed E-state index contributed by atoms with van der Waals surface area (Å²) in [6.45, 7) is 6.61. The maximum Gasteiger partial charge on any atom is 0.127 e. The second kappa shape index (κ2) is 5.70. The van der Waals surface area contributed by atoms with E-state index in [-0.39, 0.29) is 18.1 Å². The molecule has 0 aromatic heterocycles. The number of likely N-dealkylation sites (tertiary alicyclic amines) is 1. The van der Waals surface area contributed by atoms with Crippen LogP contribution in [0.4, 0.5) is 0 Å². The normalized spacial score (nSPS) is 42.1. The van der Waals surface area contributed by atoms with E-state index in [1.54, 1.807) is 0 Å². The summed E-state index contributed by atoms with van der Waals surface area (Å²) in [4.78, 5) is 13.9. The average molecular weight is 253 g/mol. The Kier molecular flexibility index (Phi) is 4.44. The van der Waals surface area contributed by atoms with E-state index in [4.69, 9.17) is 0 Å². The Morgan fingerprint density at radius 2 is 1.94 bits per heavy atom. The molecule has 1 saturated carbocycles. The third-order valence-electron chi connectivity index (χ3n) is 5.22. The zero-order valence-electron chi connectivity index (χ0n) is 11.8. The Hall–Kier alpha value is -0.410. The van der Waals surface area contributed by atoms with Gasteiger partial charge in [0.2, 0.25) is 0 Å². The van der Waals surface area contributed by atoms with Gasteiger partial charge in [-0.05, 0) is 50.5 Å². The molecular weight excluding hydrogens is 226 g/mol. The fourth-order valence-corrected chi connectivity index (χ4v) is 3.63. The zero-order chi connectivity index (χ0) is 13.2. The summed E-state index contributed by atoms with van der Waals surface area (Å²) >= 11 is 0. The van der Waals surface area contributed by atoms with Crippen molar-refractivity contribution in [2.24, 2.45) is 17.3 Å². The fraction of sp³-hybridized carbons (Fsp3) is 0.933. The first-order chi connectivity index (χ1) is 8.60. The van der Waals surface area contributed by atoms with Gasteiger partial charge in [0.25, 0.3) is 0 Å². The predicted octanol–water partition coefficient (Wildman–Crippen LogP) is 2.08. The molecule has 1 N–H and O–H groups in total. The standard InChI is InChI=1S/C15H27NO2/c1-12-3-6-15(11-18,7-4-12)10-16-8-5-13(2)14(16)9-17/h11-14,17H,3-10H2,1-2H3. The first-order valence-corrected chi connectivity index (χ1v) is 7.41. The van der Waals surface area contributed by atoms with Crippen LogP contribution in [0, 0.1) is 17.3 Å². The van der Waals surface area contributed by atoms with E-state index in [2.05, 4.69) is 18.7 Å². The zero-order valence-corrected chi connectivity index (χ0v) is 11.8. The third-order valence-corrected chi connectivity index (χ3v) is 5.22. The molecule has 2 fully saturated rings. The number of carbonyl (C=O) groups excluding carboxylic acids is 1. The molecule has 0 amide bonds. The summed E-state index contributed by atoms with van der Waals surface area (Å²) in [5.74, 6) is 1.32. The Bertz CT molecular complexity index is 284. The maximum atomic E-state index is 11.6. The summed E-state index contributed by atoms with van der Waals surface area (Å²) < 4.78 is 0. The molecule has 1 heterocycles. The predicted molar refractivity (Wildman–Crippen MR) is 72.4 cm³/mol. The molecule has 1 aliphatic carbocycles. The molecule has 2 aliphatic rings. The van der Waals surface area contributed by atoms with Crippen LogP contribution in [-0.2, 0) is 4.79 Å². The van der Waals surface area contributed by atoms with Crippen LogP contribution in [0.1, 0.15) is 46.0 Å². The lowest BCUT2D eigenvalue weighted by atomic mass is 9.71. The molecular formula is C15H27NO2. The SMILES string of the molecule is CC1CCC(C=O)(CN2CCC(C)C2CO)CC1. The summed E-state index contributed by atoms with van der Waals surface area (Å²) in [5.41, 5.74) is -0.135. The largest absolute Gasteiger partial charge is 0.395 e. The highest BCUT2D eigenvalue weighted by Gasteiger charge is 2.40. The van der Waals surface area contributed by atoms with Gasteiger partial charge < -0.3 is 9.90 Å². The molecule has 2 rings (SSSR count). The van der Waals surface area contributed by atoms with Crippen LogP contribution >= 0.6 is 0 Å². The summed E-state index contributed by atoms with van der Waals surface area (Å²) in [7, 11) is 0. The van der Waals surface area contributed by atoms with E-state index in [0.29, 0.717) is 5.92 Å². The molecule has 3 nitrogen and oxygen atoms in total. The lowest BCUT2D eigenvalue weighted by Crippen LogP contribution is -2.45. The number of aldehydes is 1. The minimum absolute atomic E-state index is 0.135.